The Labute approximate surface area is 55.5 Å². The molecule has 0 radical (unpaired) electrons. The monoisotopic (exact) mass is 183 g/mol. The van der Waals surface area contributed by atoms with Crippen LogP contribution >= 0.6 is 28.3 Å². The summed E-state index contributed by atoms with van der Waals surface area (Å²) in [4.78, 5) is 3.61. The summed E-state index contributed by atoms with van der Waals surface area (Å²) in [7, 11) is 0. The maximum Gasteiger partial charge on any atom is 0.189 e. The van der Waals surface area contributed by atoms with Gasteiger partial charge in [0, 0.05) is 0 Å². The van der Waals surface area contributed by atoms with Crippen molar-refractivity contribution in [3.63, 3.8) is 0 Å². The van der Waals surface area contributed by atoms with Gasteiger partial charge in [0.05, 0.1) is 6.20 Å². The van der Waals surface area contributed by atoms with Crippen molar-refractivity contribution in [1.29, 1.82) is 0 Å². The number of halogens is 2. The highest BCUT2D eigenvalue weighted by atomic mass is 79.9. The highest BCUT2D eigenvalue weighted by Crippen LogP contribution is 2.03. The van der Waals surface area contributed by atoms with E-state index in [0.29, 0.717) is 4.67 Å². The molecule has 0 saturated heterocycles. The fourth-order valence-corrected chi connectivity index (χ4v) is 0.402. The first-order valence-corrected chi connectivity index (χ1v) is 2.23. The molecular formula is C3H3BrClNO. The van der Waals surface area contributed by atoms with Crippen molar-refractivity contribution < 1.29 is 4.42 Å². The molecule has 1 rings (SSSR count). The van der Waals surface area contributed by atoms with Crippen LogP contribution in [-0.4, -0.2) is 4.98 Å². The SMILES string of the molecule is Brc1cnco1.Cl. The first-order valence-electron chi connectivity index (χ1n) is 1.43. The van der Waals surface area contributed by atoms with Crippen LogP contribution in [0.4, 0.5) is 0 Å². The Hall–Kier alpha value is -0.0200. The van der Waals surface area contributed by atoms with Crippen LogP contribution in [0.15, 0.2) is 21.7 Å². The Balaban J connectivity index is 0.000000360. The van der Waals surface area contributed by atoms with Crippen molar-refractivity contribution in [2.45, 2.75) is 0 Å². The lowest BCUT2D eigenvalue weighted by molar-refractivity contribution is 0.533. The van der Waals surface area contributed by atoms with E-state index in [2.05, 4.69) is 25.3 Å². The lowest BCUT2D eigenvalue weighted by atomic mass is 11.0. The molecule has 0 bridgehead atoms. The maximum atomic E-state index is 4.64. The van der Waals surface area contributed by atoms with Gasteiger partial charge in [-0.25, -0.2) is 4.98 Å². The topological polar surface area (TPSA) is 26.0 Å². The molecule has 0 N–H and O–H groups in total. The molecule has 1 aromatic rings. The molecule has 7 heavy (non-hydrogen) atoms. The fourth-order valence-electron chi connectivity index (χ4n) is 0.200. The van der Waals surface area contributed by atoms with Gasteiger partial charge >= 0.3 is 0 Å². The lowest BCUT2D eigenvalue weighted by Gasteiger charge is -1.63. The minimum absolute atomic E-state index is 0. The van der Waals surface area contributed by atoms with Crippen molar-refractivity contribution >= 4 is 28.3 Å². The van der Waals surface area contributed by atoms with E-state index in [1.807, 2.05) is 0 Å². The highest BCUT2D eigenvalue weighted by molar-refractivity contribution is 9.10. The van der Waals surface area contributed by atoms with Crippen molar-refractivity contribution in [2.75, 3.05) is 0 Å². The lowest BCUT2D eigenvalue weighted by Crippen LogP contribution is -1.42. The van der Waals surface area contributed by atoms with E-state index >= 15 is 0 Å². The third kappa shape index (κ3) is 1.94. The van der Waals surface area contributed by atoms with Gasteiger partial charge in [-0.15, -0.1) is 12.4 Å². The standard InChI is InChI=1S/C3H2BrNO.ClH/c4-3-1-5-2-6-3;/h1-2H;1H. The second-order valence-electron chi connectivity index (χ2n) is 0.806. The van der Waals surface area contributed by atoms with Crippen LogP contribution < -0.4 is 0 Å². The summed E-state index contributed by atoms with van der Waals surface area (Å²) in [5.41, 5.74) is 0. The van der Waals surface area contributed by atoms with E-state index in [4.69, 9.17) is 0 Å². The first-order chi connectivity index (χ1) is 2.89. The van der Waals surface area contributed by atoms with Crippen molar-refractivity contribution in [3.8, 4) is 0 Å². The summed E-state index contributed by atoms with van der Waals surface area (Å²) in [5, 5.41) is 0. The van der Waals surface area contributed by atoms with Crippen LogP contribution in [0.3, 0.4) is 0 Å². The van der Waals surface area contributed by atoms with E-state index in [1.54, 1.807) is 6.20 Å². The average molecular weight is 184 g/mol. The molecule has 4 heteroatoms. The summed E-state index contributed by atoms with van der Waals surface area (Å²) >= 11 is 3.05. The Morgan fingerprint density at radius 2 is 2.43 bits per heavy atom. The Bertz CT molecular complexity index is 118. The highest BCUT2D eigenvalue weighted by Gasteiger charge is 1.80. The molecule has 0 saturated carbocycles. The molecule has 1 aromatic heterocycles. The smallest absolute Gasteiger partial charge is 0.189 e. The average Bonchev–Trinajstić information content (AvgIpc) is 1.86. The Morgan fingerprint density at radius 3 is 2.57 bits per heavy atom. The largest absolute Gasteiger partial charge is 0.437 e. The molecule has 40 valence electrons. The number of hydrogen-bond acceptors (Lipinski definition) is 2. The zero-order valence-corrected chi connectivity index (χ0v) is 5.70. The van der Waals surface area contributed by atoms with Crippen LogP contribution in [0, 0.1) is 0 Å². The quantitative estimate of drug-likeness (QED) is 0.615. The summed E-state index contributed by atoms with van der Waals surface area (Å²) < 4.78 is 5.31. The third-order valence-corrected chi connectivity index (χ3v) is 0.794. The van der Waals surface area contributed by atoms with E-state index in [9.17, 15) is 0 Å². The van der Waals surface area contributed by atoms with Crippen molar-refractivity contribution in [3.05, 3.63) is 17.3 Å². The number of hydrogen-bond donors (Lipinski definition) is 0. The minimum atomic E-state index is 0. The van der Waals surface area contributed by atoms with Gasteiger partial charge in [0.15, 0.2) is 11.1 Å². The maximum absolute atomic E-state index is 4.64. The summed E-state index contributed by atoms with van der Waals surface area (Å²) in [6, 6.07) is 0. The molecule has 0 aliphatic carbocycles. The van der Waals surface area contributed by atoms with E-state index in [1.165, 1.54) is 6.39 Å². The van der Waals surface area contributed by atoms with Crippen LogP contribution in [0.1, 0.15) is 0 Å². The Morgan fingerprint density at radius 1 is 1.71 bits per heavy atom. The van der Waals surface area contributed by atoms with E-state index in [0.717, 1.165) is 0 Å². The van der Waals surface area contributed by atoms with E-state index < -0.39 is 0 Å². The zero-order valence-electron chi connectivity index (χ0n) is 3.30. The number of aromatic nitrogens is 1. The van der Waals surface area contributed by atoms with Crippen LogP contribution in [-0.2, 0) is 0 Å². The van der Waals surface area contributed by atoms with Crippen LogP contribution in [0.2, 0.25) is 0 Å². The predicted octanol–water partition coefficient (Wildman–Crippen LogP) is 1.86. The van der Waals surface area contributed by atoms with Gasteiger partial charge in [-0.05, 0) is 15.9 Å². The zero-order chi connectivity index (χ0) is 4.41. The van der Waals surface area contributed by atoms with Gasteiger partial charge in [0.25, 0.3) is 0 Å². The molecule has 0 spiro atoms. The Kier molecular flexibility index (Phi) is 3.04. The first kappa shape index (κ1) is 6.98. The number of rotatable bonds is 0. The molecule has 0 aliphatic rings. The fraction of sp³-hybridized carbons (Fsp3) is 0. The summed E-state index contributed by atoms with van der Waals surface area (Å²) in [6.45, 7) is 0. The molecular weight excluding hydrogens is 181 g/mol. The van der Waals surface area contributed by atoms with Crippen molar-refractivity contribution in [1.82, 2.24) is 4.98 Å². The number of oxazole rings is 1. The normalized spacial score (nSPS) is 7.57. The second-order valence-corrected chi connectivity index (χ2v) is 1.59. The molecule has 0 fully saturated rings. The van der Waals surface area contributed by atoms with Gasteiger partial charge in [-0.2, -0.15) is 0 Å². The predicted molar refractivity (Wildman–Crippen MR) is 31.5 cm³/mol. The molecule has 0 aromatic carbocycles. The molecule has 1 heterocycles. The van der Waals surface area contributed by atoms with Crippen LogP contribution in [0.25, 0.3) is 0 Å². The second kappa shape index (κ2) is 3.04. The minimum Gasteiger partial charge on any atom is -0.437 e. The van der Waals surface area contributed by atoms with Crippen molar-refractivity contribution in [2.24, 2.45) is 0 Å². The number of nitrogens with zero attached hydrogens (tertiary/aromatic N) is 1. The van der Waals surface area contributed by atoms with Gasteiger partial charge in [-0.3, -0.25) is 0 Å². The molecule has 0 amide bonds. The third-order valence-electron chi connectivity index (χ3n) is 0.402. The molecule has 0 atom stereocenters. The molecule has 0 unspecified atom stereocenters. The van der Waals surface area contributed by atoms with Gasteiger partial charge in [-0.1, -0.05) is 0 Å². The van der Waals surface area contributed by atoms with Gasteiger partial charge < -0.3 is 4.42 Å². The van der Waals surface area contributed by atoms with E-state index in [-0.39, 0.29) is 12.4 Å². The molecule has 2 nitrogen and oxygen atoms in total. The summed E-state index contributed by atoms with van der Waals surface area (Å²) in [6.07, 6.45) is 2.95. The van der Waals surface area contributed by atoms with Crippen LogP contribution in [0.5, 0.6) is 0 Å². The molecule has 0 aliphatic heterocycles. The summed E-state index contributed by atoms with van der Waals surface area (Å²) in [5.74, 6) is 0. The van der Waals surface area contributed by atoms with Gasteiger partial charge in [0.1, 0.15) is 0 Å². The van der Waals surface area contributed by atoms with Gasteiger partial charge in [0.2, 0.25) is 0 Å².